The monoisotopic (exact) mass is 308 g/mol. The Hall–Kier alpha value is -1.58. The van der Waals surface area contributed by atoms with Crippen molar-refractivity contribution < 1.29 is 9.47 Å². The van der Waals surface area contributed by atoms with Crippen molar-refractivity contribution in [3.05, 3.63) is 16.9 Å². The van der Waals surface area contributed by atoms with Crippen LogP contribution in [0.2, 0.25) is 0 Å². The predicted octanol–water partition coefficient (Wildman–Crippen LogP) is 3.08. The summed E-state index contributed by atoms with van der Waals surface area (Å²) in [5.74, 6) is 5.63. The van der Waals surface area contributed by atoms with E-state index in [4.69, 9.17) is 28.1 Å². The molecule has 6 heteroatoms. The third-order valence-electron chi connectivity index (χ3n) is 2.92. The van der Waals surface area contributed by atoms with Gasteiger partial charge in [-0.05, 0) is 12.2 Å². The zero-order valence-corrected chi connectivity index (χ0v) is 13.1. The number of methoxy groups -OCH3 is 2. The standard InChI is InChI=1S/C14H16N2O2S2/c1-4-6-20-7-5-16-11-9-13(18-3)12(17-2)8-10(11)15-14(16)19/h1,8-9H,5-7H2,2-3H3,(H,15,19). The zero-order valence-electron chi connectivity index (χ0n) is 11.4. The van der Waals surface area contributed by atoms with Crippen LogP contribution < -0.4 is 9.47 Å². The van der Waals surface area contributed by atoms with Crippen molar-refractivity contribution in [2.24, 2.45) is 0 Å². The first kappa shape index (κ1) is 14.8. The lowest BCUT2D eigenvalue weighted by Gasteiger charge is -2.09. The molecule has 0 amide bonds. The van der Waals surface area contributed by atoms with Gasteiger partial charge in [0.2, 0.25) is 0 Å². The van der Waals surface area contributed by atoms with Gasteiger partial charge in [-0.15, -0.1) is 18.2 Å². The number of hydrogen-bond acceptors (Lipinski definition) is 4. The van der Waals surface area contributed by atoms with Crippen LogP contribution in [0.1, 0.15) is 0 Å². The van der Waals surface area contributed by atoms with Crippen molar-refractivity contribution >= 4 is 35.0 Å². The number of H-pyrrole nitrogens is 1. The lowest BCUT2D eigenvalue weighted by Crippen LogP contribution is -2.01. The number of fused-ring (bicyclic) bond motifs is 1. The van der Waals surface area contributed by atoms with Crippen LogP contribution in [0, 0.1) is 17.1 Å². The molecular weight excluding hydrogens is 292 g/mol. The molecule has 0 aliphatic heterocycles. The number of aromatic nitrogens is 2. The molecule has 1 heterocycles. The van der Waals surface area contributed by atoms with E-state index in [0.717, 1.165) is 23.3 Å². The van der Waals surface area contributed by atoms with E-state index in [1.165, 1.54) is 0 Å². The number of imidazole rings is 1. The molecule has 106 valence electrons. The Morgan fingerprint density at radius 2 is 2.05 bits per heavy atom. The van der Waals surface area contributed by atoms with Crippen LogP contribution in [0.3, 0.4) is 0 Å². The number of ether oxygens (including phenoxy) is 2. The molecule has 0 saturated carbocycles. The van der Waals surface area contributed by atoms with E-state index in [-0.39, 0.29) is 0 Å². The lowest BCUT2D eigenvalue weighted by molar-refractivity contribution is 0.355. The Balaban J connectivity index is 2.37. The van der Waals surface area contributed by atoms with E-state index in [2.05, 4.69) is 15.5 Å². The molecule has 0 aliphatic rings. The maximum Gasteiger partial charge on any atom is 0.178 e. The van der Waals surface area contributed by atoms with E-state index in [1.807, 2.05) is 12.1 Å². The summed E-state index contributed by atoms with van der Waals surface area (Å²) in [4.78, 5) is 3.19. The van der Waals surface area contributed by atoms with Gasteiger partial charge in [0.05, 0.1) is 31.0 Å². The molecule has 0 saturated heterocycles. The van der Waals surface area contributed by atoms with Gasteiger partial charge in [-0.2, -0.15) is 0 Å². The van der Waals surface area contributed by atoms with Crippen LogP contribution in [0.4, 0.5) is 0 Å². The van der Waals surface area contributed by atoms with E-state index >= 15 is 0 Å². The van der Waals surface area contributed by atoms with Crippen molar-refractivity contribution in [2.45, 2.75) is 6.54 Å². The summed E-state index contributed by atoms with van der Waals surface area (Å²) in [6, 6.07) is 3.83. The van der Waals surface area contributed by atoms with Crippen LogP contribution in [0.5, 0.6) is 11.5 Å². The van der Waals surface area contributed by atoms with Crippen molar-refractivity contribution in [2.75, 3.05) is 25.7 Å². The summed E-state index contributed by atoms with van der Waals surface area (Å²) in [7, 11) is 3.24. The van der Waals surface area contributed by atoms with Gasteiger partial charge < -0.3 is 19.0 Å². The number of hydrogen-bond donors (Lipinski definition) is 1. The number of thioether (sulfide) groups is 1. The molecular formula is C14H16N2O2S2. The number of aromatic amines is 1. The average Bonchev–Trinajstić information content (AvgIpc) is 2.77. The molecule has 0 aliphatic carbocycles. The molecule has 1 aromatic heterocycles. The summed E-state index contributed by atoms with van der Waals surface area (Å²) in [5.41, 5.74) is 1.95. The van der Waals surface area contributed by atoms with E-state index < -0.39 is 0 Å². The molecule has 0 fully saturated rings. The minimum atomic E-state index is 0.685. The third kappa shape index (κ3) is 2.94. The smallest absolute Gasteiger partial charge is 0.178 e. The highest BCUT2D eigenvalue weighted by Gasteiger charge is 2.11. The fraction of sp³-hybridized carbons (Fsp3) is 0.357. The van der Waals surface area contributed by atoms with Crippen molar-refractivity contribution in [1.29, 1.82) is 0 Å². The molecule has 4 nitrogen and oxygen atoms in total. The molecule has 0 atom stereocenters. The fourth-order valence-electron chi connectivity index (χ4n) is 1.99. The quantitative estimate of drug-likeness (QED) is 0.506. The normalized spacial score (nSPS) is 10.4. The zero-order chi connectivity index (χ0) is 14.5. The van der Waals surface area contributed by atoms with Crippen LogP contribution in [0.25, 0.3) is 11.0 Å². The van der Waals surface area contributed by atoms with Gasteiger partial charge in [0.25, 0.3) is 0 Å². The van der Waals surface area contributed by atoms with Gasteiger partial charge in [0.15, 0.2) is 16.3 Å². The molecule has 0 spiro atoms. The van der Waals surface area contributed by atoms with Crippen LogP contribution in [-0.2, 0) is 6.54 Å². The second-order valence-electron chi connectivity index (χ2n) is 4.06. The Bertz CT molecular complexity index is 697. The van der Waals surface area contributed by atoms with Crippen LogP contribution in [-0.4, -0.2) is 35.3 Å². The van der Waals surface area contributed by atoms with Crippen LogP contribution in [0.15, 0.2) is 12.1 Å². The summed E-state index contributed by atoms with van der Waals surface area (Å²) in [5, 5.41) is 0. The highest BCUT2D eigenvalue weighted by atomic mass is 32.2. The second-order valence-corrected chi connectivity index (χ2v) is 5.55. The lowest BCUT2D eigenvalue weighted by atomic mass is 10.2. The van der Waals surface area contributed by atoms with Gasteiger partial charge in [-0.1, -0.05) is 5.92 Å². The Morgan fingerprint density at radius 1 is 1.35 bits per heavy atom. The fourth-order valence-corrected chi connectivity index (χ4v) is 2.87. The largest absolute Gasteiger partial charge is 0.493 e. The van der Waals surface area contributed by atoms with E-state index in [0.29, 0.717) is 22.0 Å². The highest BCUT2D eigenvalue weighted by molar-refractivity contribution is 7.99. The maximum atomic E-state index is 5.37. The summed E-state index contributed by atoms with van der Waals surface area (Å²) in [6.07, 6.45) is 5.24. The number of nitrogens with zero attached hydrogens (tertiary/aromatic N) is 1. The Morgan fingerprint density at radius 3 is 2.70 bits per heavy atom. The first-order chi connectivity index (χ1) is 9.71. The molecule has 2 rings (SSSR count). The van der Waals surface area contributed by atoms with Crippen molar-refractivity contribution in [1.82, 2.24) is 9.55 Å². The first-order valence-corrected chi connectivity index (χ1v) is 7.63. The average molecular weight is 308 g/mol. The molecule has 0 unspecified atom stereocenters. The van der Waals surface area contributed by atoms with E-state index in [9.17, 15) is 0 Å². The van der Waals surface area contributed by atoms with Crippen LogP contribution >= 0.6 is 24.0 Å². The number of terminal acetylenes is 1. The summed E-state index contributed by atoms with van der Waals surface area (Å²) in [6.45, 7) is 0.806. The van der Waals surface area contributed by atoms with Gasteiger partial charge in [0, 0.05) is 24.4 Å². The molecule has 2 aromatic rings. The molecule has 20 heavy (non-hydrogen) atoms. The minimum Gasteiger partial charge on any atom is -0.493 e. The van der Waals surface area contributed by atoms with Gasteiger partial charge in [-0.25, -0.2) is 0 Å². The second kappa shape index (κ2) is 6.73. The summed E-state index contributed by atoms with van der Waals surface area (Å²) >= 11 is 7.08. The van der Waals surface area contributed by atoms with Gasteiger partial charge in [0.1, 0.15) is 0 Å². The van der Waals surface area contributed by atoms with Crippen molar-refractivity contribution in [3.63, 3.8) is 0 Å². The minimum absolute atomic E-state index is 0.685. The molecule has 1 N–H and O–H groups in total. The molecule has 1 aromatic carbocycles. The number of nitrogens with one attached hydrogen (secondary N) is 1. The third-order valence-corrected chi connectivity index (χ3v) is 4.09. The molecule has 0 radical (unpaired) electrons. The van der Waals surface area contributed by atoms with Gasteiger partial charge >= 0.3 is 0 Å². The predicted molar refractivity (Wildman–Crippen MR) is 86.4 cm³/mol. The SMILES string of the molecule is C#CCSCCn1c(=S)[nH]c2cc(OC)c(OC)cc21. The first-order valence-electron chi connectivity index (χ1n) is 6.07. The summed E-state index contributed by atoms with van der Waals surface area (Å²) < 4.78 is 13.4. The van der Waals surface area contributed by atoms with Crippen molar-refractivity contribution in [3.8, 4) is 23.8 Å². The number of rotatable bonds is 6. The topological polar surface area (TPSA) is 39.2 Å². The van der Waals surface area contributed by atoms with Gasteiger partial charge in [-0.3, -0.25) is 0 Å². The Labute approximate surface area is 127 Å². The number of benzene rings is 1. The maximum absolute atomic E-state index is 5.37. The van der Waals surface area contributed by atoms with E-state index in [1.54, 1.807) is 26.0 Å². The number of aryl methyl sites for hydroxylation is 1. The highest BCUT2D eigenvalue weighted by Crippen LogP contribution is 2.31. The Kier molecular flexibility index (Phi) is 4.99. The molecule has 0 bridgehead atoms.